The maximum absolute atomic E-state index is 13.2. The van der Waals surface area contributed by atoms with Crippen LogP contribution in [0.25, 0.3) is 0 Å². The van der Waals surface area contributed by atoms with Gasteiger partial charge in [-0.2, -0.15) is 0 Å². The van der Waals surface area contributed by atoms with E-state index in [4.69, 9.17) is 0 Å². The Labute approximate surface area is 120 Å². The van der Waals surface area contributed by atoms with Crippen LogP contribution in [0.4, 0.5) is 9.18 Å². The number of hydrogen-bond donors (Lipinski definition) is 1. The van der Waals surface area contributed by atoms with Crippen LogP contribution >= 0.6 is 0 Å². The standard InChI is InChI=1S/C16H23FN2O/c1-13-11-14(7-8-15(13)17)12-18-16(20)19-9-5-3-2-4-6-10-19/h7-8,11H,2-6,9-10,12H2,1H3,(H,18,20). The summed E-state index contributed by atoms with van der Waals surface area (Å²) >= 11 is 0. The molecule has 1 heterocycles. The zero-order valence-corrected chi connectivity index (χ0v) is 12.1. The van der Waals surface area contributed by atoms with E-state index in [-0.39, 0.29) is 11.8 Å². The first kappa shape index (κ1) is 14.8. The number of rotatable bonds is 2. The van der Waals surface area contributed by atoms with E-state index in [1.165, 1.54) is 25.3 Å². The Balaban J connectivity index is 1.85. The van der Waals surface area contributed by atoms with E-state index in [1.54, 1.807) is 19.1 Å². The van der Waals surface area contributed by atoms with Crippen LogP contribution in [0.2, 0.25) is 0 Å². The third kappa shape index (κ3) is 4.22. The van der Waals surface area contributed by atoms with Crippen molar-refractivity contribution in [3.63, 3.8) is 0 Å². The summed E-state index contributed by atoms with van der Waals surface area (Å²) in [5.41, 5.74) is 1.55. The highest BCUT2D eigenvalue weighted by molar-refractivity contribution is 5.74. The number of nitrogens with zero attached hydrogens (tertiary/aromatic N) is 1. The molecule has 0 aromatic heterocycles. The molecule has 0 atom stereocenters. The first-order chi connectivity index (χ1) is 9.66. The normalized spacial score (nSPS) is 16.4. The largest absolute Gasteiger partial charge is 0.334 e. The molecule has 1 aliphatic heterocycles. The SMILES string of the molecule is Cc1cc(CNC(=O)N2CCCCCCC2)ccc1F. The summed E-state index contributed by atoms with van der Waals surface area (Å²) in [4.78, 5) is 14.0. The van der Waals surface area contributed by atoms with Crippen LogP contribution in [0.3, 0.4) is 0 Å². The monoisotopic (exact) mass is 278 g/mol. The molecule has 2 amide bonds. The number of aryl methyl sites for hydroxylation is 1. The van der Waals surface area contributed by atoms with Gasteiger partial charge in [0.1, 0.15) is 5.82 Å². The van der Waals surface area contributed by atoms with Gasteiger partial charge in [0.15, 0.2) is 0 Å². The number of carbonyl (C=O) groups is 1. The quantitative estimate of drug-likeness (QED) is 0.880. The van der Waals surface area contributed by atoms with Gasteiger partial charge in [-0.1, -0.05) is 31.4 Å². The number of urea groups is 1. The van der Waals surface area contributed by atoms with Crippen LogP contribution in [0.5, 0.6) is 0 Å². The fraction of sp³-hybridized carbons (Fsp3) is 0.562. The topological polar surface area (TPSA) is 32.3 Å². The van der Waals surface area contributed by atoms with Crippen molar-refractivity contribution in [3.8, 4) is 0 Å². The molecule has 2 rings (SSSR count). The molecule has 0 saturated carbocycles. The molecule has 110 valence electrons. The highest BCUT2D eigenvalue weighted by atomic mass is 19.1. The summed E-state index contributed by atoms with van der Waals surface area (Å²) in [6, 6.07) is 4.94. The molecule has 20 heavy (non-hydrogen) atoms. The van der Waals surface area contributed by atoms with Crippen molar-refractivity contribution in [2.75, 3.05) is 13.1 Å². The fourth-order valence-corrected chi connectivity index (χ4v) is 2.56. The van der Waals surface area contributed by atoms with E-state index < -0.39 is 0 Å². The van der Waals surface area contributed by atoms with Crippen LogP contribution in [0.15, 0.2) is 18.2 Å². The molecule has 1 N–H and O–H groups in total. The summed E-state index contributed by atoms with van der Waals surface area (Å²) in [5.74, 6) is -0.205. The number of likely N-dealkylation sites (tertiary alicyclic amines) is 1. The summed E-state index contributed by atoms with van der Waals surface area (Å²) in [7, 11) is 0. The minimum Gasteiger partial charge on any atom is -0.334 e. The molecule has 0 bridgehead atoms. The molecule has 0 unspecified atom stereocenters. The Bertz CT molecular complexity index is 454. The van der Waals surface area contributed by atoms with Gasteiger partial charge in [0.25, 0.3) is 0 Å². The van der Waals surface area contributed by atoms with Crippen molar-refractivity contribution < 1.29 is 9.18 Å². The Morgan fingerprint density at radius 3 is 2.50 bits per heavy atom. The first-order valence-electron chi connectivity index (χ1n) is 7.44. The van der Waals surface area contributed by atoms with Crippen molar-refractivity contribution in [2.24, 2.45) is 0 Å². The number of hydrogen-bond acceptors (Lipinski definition) is 1. The van der Waals surface area contributed by atoms with Gasteiger partial charge in [0.05, 0.1) is 0 Å². The van der Waals surface area contributed by atoms with Gasteiger partial charge in [-0.15, -0.1) is 0 Å². The summed E-state index contributed by atoms with van der Waals surface area (Å²) in [6.07, 6.45) is 5.87. The third-order valence-corrected chi connectivity index (χ3v) is 3.81. The number of amides is 2. The predicted molar refractivity (Wildman–Crippen MR) is 78.0 cm³/mol. The Morgan fingerprint density at radius 1 is 1.20 bits per heavy atom. The van der Waals surface area contributed by atoms with E-state index in [0.717, 1.165) is 31.5 Å². The molecular weight excluding hydrogens is 255 g/mol. The van der Waals surface area contributed by atoms with Crippen LogP contribution in [-0.2, 0) is 6.54 Å². The number of nitrogens with one attached hydrogen (secondary N) is 1. The molecule has 0 spiro atoms. The van der Waals surface area contributed by atoms with Gasteiger partial charge in [-0.05, 0) is 37.0 Å². The number of benzene rings is 1. The van der Waals surface area contributed by atoms with Gasteiger partial charge in [-0.3, -0.25) is 0 Å². The predicted octanol–water partition coefficient (Wildman–Crippen LogP) is 3.61. The van der Waals surface area contributed by atoms with Crippen molar-refractivity contribution in [3.05, 3.63) is 35.1 Å². The maximum Gasteiger partial charge on any atom is 0.317 e. The van der Waals surface area contributed by atoms with Crippen LogP contribution < -0.4 is 5.32 Å². The van der Waals surface area contributed by atoms with Crippen LogP contribution in [0.1, 0.15) is 43.2 Å². The van der Waals surface area contributed by atoms with Gasteiger partial charge in [-0.25, -0.2) is 9.18 Å². The molecule has 1 aliphatic rings. The van der Waals surface area contributed by atoms with E-state index in [9.17, 15) is 9.18 Å². The maximum atomic E-state index is 13.2. The first-order valence-corrected chi connectivity index (χ1v) is 7.44. The average Bonchev–Trinajstić information content (AvgIpc) is 2.39. The second-order valence-electron chi connectivity index (χ2n) is 5.50. The molecule has 3 nitrogen and oxygen atoms in total. The van der Waals surface area contributed by atoms with E-state index in [0.29, 0.717) is 12.1 Å². The highest BCUT2D eigenvalue weighted by Gasteiger charge is 2.14. The second-order valence-corrected chi connectivity index (χ2v) is 5.50. The molecule has 1 fully saturated rings. The van der Waals surface area contributed by atoms with Gasteiger partial charge < -0.3 is 10.2 Å². The summed E-state index contributed by atoms with van der Waals surface area (Å²) in [6.45, 7) is 3.87. The van der Waals surface area contributed by atoms with E-state index >= 15 is 0 Å². The van der Waals surface area contributed by atoms with Crippen molar-refractivity contribution in [1.82, 2.24) is 10.2 Å². The zero-order chi connectivity index (χ0) is 14.4. The Kier molecular flexibility index (Phi) is 5.39. The molecule has 0 radical (unpaired) electrons. The van der Waals surface area contributed by atoms with E-state index in [2.05, 4.69) is 5.32 Å². The van der Waals surface area contributed by atoms with E-state index in [1.807, 2.05) is 4.90 Å². The lowest BCUT2D eigenvalue weighted by Gasteiger charge is -2.25. The highest BCUT2D eigenvalue weighted by Crippen LogP contribution is 2.11. The second kappa shape index (κ2) is 7.27. The Hall–Kier alpha value is -1.58. The van der Waals surface area contributed by atoms with Gasteiger partial charge >= 0.3 is 6.03 Å². The van der Waals surface area contributed by atoms with Crippen molar-refractivity contribution in [2.45, 2.75) is 45.6 Å². The minimum absolute atomic E-state index is 0.00567. The molecular formula is C16H23FN2O. The summed E-state index contributed by atoms with van der Waals surface area (Å²) in [5, 5.41) is 2.93. The minimum atomic E-state index is -0.205. The van der Waals surface area contributed by atoms with Crippen LogP contribution in [0, 0.1) is 12.7 Å². The zero-order valence-electron chi connectivity index (χ0n) is 12.1. The average molecular weight is 278 g/mol. The third-order valence-electron chi connectivity index (χ3n) is 3.81. The van der Waals surface area contributed by atoms with Crippen LogP contribution in [-0.4, -0.2) is 24.0 Å². The number of carbonyl (C=O) groups excluding carboxylic acids is 1. The van der Waals surface area contributed by atoms with Crippen molar-refractivity contribution >= 4 is 6.03 Å². The lowest BCUT2D eigenvalue weighted by Crippen LogP contribution is -2.41. The lowest BCUT2D eigenvalue weighted by atomic mass is 10.1. The smallest absolute Gasteiger partial charge is 0.317 e. The molecule has 1 aromatic rings. The Morgan fingerprint density at radius 2 is 1.85 bits per heavy atom. The molecule has 1 aromatic carbocycles. The van der Waals surface area contributed by atoms with Crippen molar-refractivity contribution in [1.29, 1.82) is 0 Å². The fourth-order valence-electron chi connectivity index (χ4n) is 2.56. The summed E-state index contributed by atoms with van der Waals surface area (Å²) < 4.78 is 13.2. The van der Waals surface area contributed by atoms with Gasteiger partial charge in [0, 0.05) is 19.6 Å². The van der Waals surface area contributed by atoms with Gasteiger partial charge in [0.2, 0.25) is 0 Å². The number of halogens is 1. The lowest BCUT2D eigenvalue weighted by molar-refractivity contribution is 0.192. The molecule has 0 aliphatic carbocycles. The molecule has 1 saturated heterocycles. The molecule has 4 heteroatoms.